The summed E-state index contributed by atoms with van der Waals surface area (Å²) in [4.78, 5) is 19.1. The van der Waals surface area contributed by atoms with Crippen LogP contribution in [0.3, 0.4) is 0 Å². The third kappa shape index (κ3) is 3.80. The summed E-state index contributed by atoms with van der Waals surface area (Å²) in [5.41, 5.74) is 9.30. The highest BCUT2D eigenvalue weighted by Crippen LogP contribution is 2.21. The molecule has 0 aliphatic carbocycles. The van der Waals surface area contributed by atoms with Gasteiger partial charge in [-0.25, -0.2) is 4.98 Å². The first-order chi connectivity index (χ1) is 13.1. The normalized spacial score (nSPS) is 16.8. The molecule has 6 nitrogen and oxygen atoms in total. The number of pyridine rings is 1. The van der Waals surface area contributed by atoms with Crippen molar-refractivity contribution in [1.82, 2.24) is 14.3 Å². The van der Waals surface area contributed by atoms with Gasteiger partial charge in [0.25, 0.3) is 5.91 Å². The second-order valence-electron chi connectivity index (χ2n) is 7.16. The molecule has 3 aromatic rings. The fraction of sp³-hybridized carbons (Fsp3) is 0.333. The minimum atomic E-state index is 0.0413. The Balaban J connectivity index is 1.43. The van der Waals surface area contributed by atoms with Gasteiger partial charge in [0.15, 0.2) is 0 Å². The number of rotatable bonds is 5. The lowest BCUT2D eigenvalue weighted by Crippen LogP contribution is -2.29. The molecule has 1 aliphatic heterocycles. The van der Waals surface area contributed by atoms with Gasteiger partial charge in [-0.2, -0.15) is 0 Å². The Labute approximate surface area is 158 Å². The number of carbonyl (C=O) groups excluding carboxylic acids is 1. The molecular weight excluding hydrogens is 340 g/mol. The summed E-state index contributed by atoms with van der Waals surface area (Å²) in [6.45, 7) is 4.55. The van der Waals surface area contributed by atoms with Gasteiger partial charge in [-0.05, 0) is 55.6 Å². The lowest BCUT2D eigenvalue weighted by molar-refractivity contribution is 0.0787. The first-order valence-corrected chi connectivity index (χ1v) is 9.29. The van der Waals surface area contributed by atoms with Crippen LogP contribution in [0.25, 0.3) is 5.65 Å². The number of benzene rings is 1. The number of hydrogen-bond acceptors (Lipinski definition) is 4. The molecular formula is C21H24N4O2. The number of carbonyl (C=O) groups is 1. The van der Waals surface area contributed by atoms with Gasteiger partial charge in [0.05, 0.1) is 5.69 Å². The largest absolute Gasteiger partial charge is 0.487 e. The highest BCUT2D eigenvalue weighted by Gasteiger charge is 2.26. The number of aromatic nitrogens is 2. The Bertz CT molecular complexity index is 966. The number of nitrogens with zero attached hydrogens (tertiary/aromatic N) is 3. The van der Waals surface area contributed by atoms with Crippen molar-refractivity contribution in [1.29, 1.82) is 0 Å². The zero-order valence-electron chi connectivity index (χ0n) is 15.5. The van der Waals surface area contributed by atoms with Gasteiger partial charge < -0.3 is 19.8 Å². The highest BCUT2D eigenvalue weighted by molar-refractivity contribution is 5.94. The molecule has 0 saturated carbocycles. The second kappa shape index (κ2) is 7.40. The molecule has 140 valence electrons. The summed E-state index contributed by atoms with van der Waals surface area (Å²) in [5, 5.41) is 0. The average molecular weight is 364 g/mol. The minimum absolute atomic E-state index is 0.0413. The van der Waals surface area contributed by atoms with E-state index in [0.717, 1.165) is 30.9 Å². The predicted octanol–water partition coefficient (Wildman–Crippen LogP) is 2.64. The van der Waals surface area contributed by atoms with Crippen molar-refractivity contribution < 1.29 is 9.53 Å². The zero-order valence-corrected chi connectivity index (χ0v) is 15.5. The van der Waals surface area contributed by atoms with Crippen molar-refractivity contribution in [3.63, 3.8) is 0 Å². The molecule has 1 aliphatic rings. The maximum Gasteiger partial charge on any atom is 0.253 e. The van der Waals surface area contributed by atoms with Crippen LogP contribution in [0.4, 0.5) is 0 Å². The minimum Gasteiger partial charge on any atom is -0.487 e. The van der Waals surface area contributed by atoms with Crippen LogP contribution in [-0.4, -0.2) is 39.8 Å². The Morgan fingerprint density at radius 1 is 1.30 bits per heavy atom. The summed E-state index contributed by atoms with van der Waals surface area (Å²) < 4.78 is 7.88. The third-order valence-corrected chi connectivity index (χ3v) is 5.02. The van der Waals surface area contributed by atoms with Gasteiger partial charge >= 0.3 is 0 Å². The predicted molar refractivity (Wildman–Crippen MR) is 104 cm³/mol. The molecule has 0 spiro atoms. The van der Waals surface area contributed by atoms with Crippen molar-refractivity contribution in [2.24, 2.45) is 11.7 Å². The molecule has 1 fully saturated rings. The molecule has 1 atom stereocenters. The molecule has 2 N–H and O–H groups in total. The van der Waals surface area contributed by atoms with E-state index in [2.05, 4.69) is 4.98 Å². The molecule has 6 heteroatoms. The van der Waals surface area contributed by atoms with E-state index in [1.165, 1.54) is 5.56 Å². The fourth-order valence-electron chi connectivity index (χ4n) is 3.49. The van der Waals surface area contributed by atoms with Crippen molar-refractivity contribution in [3.8, 4) is 5.75 Å². The summed E-state index contributed by atoms with van der Waals surface area (Å²) in [6, 6.07) is 11.4. The van der Waals surface area contributed by atoms with Crippen LogP contribution in [0, 0.1) is 12.8 Å². The van der Waals surface area contributed by atoms with E-state index in [4.69, 9.17) is 10.5 Å². The lowest BCUT2D eigenvalue weighted by Gasteiger charge is -2.16. The van der Waals surface area contributed by atoms with Crippen LogP contribution < -0.4 is 10.5 Å². The molecule has 27 heavy (non-hydrogen) atoms. The molecule has 0 bridgehead atoms. The highest BCUT2D eigenvalue weighted by atomic mass is 16.5. The smallest absolute Gasteiger partial charge is 0.253 e. The number of ether oxygens (including phenoxy) is 1. The van der Waals surface area contributed by atoms with Gasteiger partial charge in [-0.15, -0.1) is 0 Å². The third-order valence-electron chi connectivity index (χ3n) is 5.02. The van der Waals surface area contributed by atoms with E-state index >= 15 is 0 Å². The van der Waals surface area contributed by atoms with Crippen molar-refractivity contribution in [2.45, 2.75) is 20.0 Å². The molecule has 0 radical (unpaired) electrons. The SMILES string of the molecule is Cc1ccc2nc(COc3cccc(C(=O)N4CCC(CN)C4)c3)cn2c1. The Kier molecular flexibility index (Phi) is 4.81. The first-order valence-electron chi connectivity index (χ1n) is 9.29. The molecule has 3 heterocycles. The maximum absolute atomic E-state index is 12.7. The van der Waals surface area contributed by atoms with E-state index in [9.17, 15) is 4.79 Å². The molecule has 2 aromatic heterocycles. The number of amides is 1. The van der Waals surface area contributed by atoms with E-state index < -0.39 is 0 Å². The maximum atomic E-state index is 12.7. The Hall–Kier alpha value is -2.86. The fourth-order valence-corrected chi connectivity index (χ4v) is 3.49. The number of nitrogens with two attached hydrogens (primary N) is 1. The number of aryl methyl sites for hydroxylation is 1. The summed E-state index contributed by atoms with van der Waals surface area (Å²) in [7, 11) is 0. The standard InChI is InChI=1S/C21H24N4O2/c1-15-5-6-20-23-18(13-25(20)11-15)14-27-19-4-2-3-17(9-19)21(26)24-8-7-16(10-22)12-24/h2-6,9,11,13,16H,7-8,10,12,14,22H2,1H3. The summed E-state index contributed by atoms with van der Waals surface area (Å²) >= 11 is 0. The molecule has 1 amide bonds. The van der Waals surface area contributed by atoms with Crippen LogP contribution >= 0.6 is 0 Å². The summed E-state index contributed by atoms with van der Waals surface area (Å²) in [6.07, 6.45) is 4.98. The van der Waals surface area contributed by atoms with Gasteiger partial charge in [0, 0.05) is 31.0 Å². The monoisotopic (exact) mass is 364 g/mol. The summed E-state index contributed by atoms with van der Waals surface area (Å²) in [5.74, 6) is 1.12. The topological polar surface area (TPSA) is 72.9 Å². The van der Waals surface area contributed by atoms with Gasteiger partial charge in [-0.3, -0.25) is 4.79 Å². The zero-order chi connectivity index (χ0) is 18.8. The first kappa shape index (κ1) is 17.5. The number of likely N-dealkylation sites (tertiary alicyclic amines) is 1. The molecule has 4 rings (SSSR count). The van der Waals surface area contributed by atoms with E-state index in [1.807, 2.05) is 58.9 Å². The van der Waals surface area contributed by atoms with Gasteiger partial charge in [-0.1, -0.05) is 12.1 Å². The van der Waals surface area contributed by atoms with E-state index in [1.54, 1.807) is 6.07 Å². The molecule has 1 unspecified atom stereocenters. The van der Waals surface area contributed by atoms with Gasteiger partial charge in [0.2, 0.25) is 0 Å². The van der Waals surface area contributed by atoms with Crippen LogP contribution in [-0.2, 0) is 6.61 Å². The Morgan fingerprint density at radius 3 is 3.00 bits per heavy atom. The number of imidazole rings is 1. The quantitative estimate of drug-likeness (QED) is 0.755. The van der Waals surface area contributed by atoms with Crippen molar-refractivity contribution in [3.05, 3.63) is 65.6 Å². The molecule has 1 aromatic carbocycles. The van der Waals surface area contributed by atoms with Crippen molar-refractivity contribution in [2.75, 3.05) is 19.6 Å². The van der Waals surface area contributed by atoms with Gasteiger partial charge in [0.1, 0.15) is 18.0 Å². The second-order valence-corrected chi connectivity index (χ2v) is 7.16. The number of fused-ring (bicyclic) bond motifs is 1. The van der Waals surface area contributed by atoms with Crippen LogP contribution in [0.2, 0.25) is 0 Å². The van der Waals surface area contributed by atoms with E-state index in [0.29, 0.717) is 30.4 Å². The number of hydrogen-bond donors (Lipinski definition) is 1. The lowest BCUT2D eigenvalue weighted by atomic mass is 10.1. The van der Waals surface area contributed by atoms with Crippen LogP contribution in [0.5, 0.6) is 5.75 Å². The average Bonchev–Trinajstić information content (AvgIpc) is 3.32. The molecule has 1 saturated heterocycles. The van der Waals surface area contributed by atoms with Crippen LogP contribution in [0.15, 0.2) is 48.8 Å². The van der Waals surface area contributed by atoms with E-state index in [-0.39, 0.29) is 5.91 Å². The Morgan fingerprint density at radius 2 is 2.19 bits per heavy atom. The van der Waals surface area contributed by atoms with Crippen LogP contribution in [0.1, 0.15) is 28.0 Å². The van der Waals surface area contributed by atoms with Crippen molar-refractivity contribution >= 4 is 11.6 Å².